The molecule has 3 nitrogen and oxygen atoms in total. The highest BCUT2D eigenvalue weighted by Gasteiger charge is 2.17. The largest absolute Gasteiger partial charge is 0.316 e. The molecule has 0 unspecified atom stereocenters. The lowest BCUT2D eigenvalue weighted by Crippen LogP contribution is -2.25. The zero-order chi connectivity index (χ0) is 15.9. The molecule has 2 heterocycles. The lowest BCUT2D eigenvalue weighted by molar-refractivity contribution is 0.522. The standard InChI is InChI=1S/C19H24N2OS/c22-19-9-3-5-12-21(19)13-6-4-11-20-18-15-23-14-10-16-7-1-2-8-17(16)18/h1-3,5,7-9,12,18,20H,4,6,10-11,13-15H2/t18-/m1/s1. The highest BCUT2D eigenvalue weighted by atomic mass is 32.2. The fraction of sp³-hybridized carbons (Fsp3) is 0.421. The Balaban J connectivity index is 1.47. The van der Waals surface area contributed by atoms with Gasteiger partial charge in [0.05, 0.1) is 0 Å². The molecular weight excluding hydrogens is 304 g/mol. The first-order valence-electron chi connectivity index (χ1n) is 8.39. The molecule has 4 heteroatoms. The van der Waals surface area contributed by atoms with E-state index in [1.807, 2.05) is 24.0 Å². The summed E-state index contributed by atoms with van der Waals surface area (Å²) in [7, 11) is 0. The molecule has 0 amide bonds. The van der Waals surface area contributed by atoms with E-state index in [2.05, 4.69) is 29.6 Å². The van der Waals surface area contributed by atoms with E-state index in [-0.39, 0.29) is 5.56 Å². The molecule has 0 bridgehead atoms. The van der Waals surface area contributed by atoms with Crippen LogP contribution in [0.3, 0.4) is 0 Å². The molecule has 0 aliphatic carbocycles. The quantitative estimate of drug-likeness (QED) is 0.827. The average molecular weight is 328 g/mol. The third-order valence-electron chi connectivity index (χ3n) is 4.35. The van der Waals surface area contributed by atoms with Gasteiger partial charge >= 0.3 is 0 Å². The third kappa shape index (κ3) is 4.49. The van der Waals surface area contributed by atoms with E-state index >= 15 is 0 Å². The fourth-order valence-corrected chi connectivity index (χ4v) is 4.14. The van der Waals surface area contributed by atoms with Crippen LogP contribution in [0.2, 0.25) is 0 Å². The van der Waals surface area contributed by atoms with E-state index in [4.69, 9.17) is 0 Å². The molecule has 1 aromatic carbocycles. The number of aryl methyl sites for hydroxylation is 2. The predicted octanol–water partition coefficient (Wildman–Crippen LogP) is 3.25. The minimum atomic E-state index is 0.0922. The van der Waals surface area contributed by atoms with Gasteiger partial charge in [-0.05, 0) is 48.8 Å². The summed E-state index contributed by atoms with van der Waals surface area (Å²) in [6.45, 7) is 1.80. The van der Waals surface area contributed by atoms with Crippen LogP contribution in [0.15, 0.2) is 53.5 Å². The SMILES string of the molecule is O=c1ccccn1CCCCN[C@@H]1CSCCc2ccccc21. The molecular formula is C19H24N2OS. The highest BCUT2D eigenvalue weighted by Crippen LogP contribution is 2.27. The van der Waals surface area contributed by atoms with E-state index < -0.39 is 0 Å². The third-order valence-corrected chi connectivity index (χ3v) is 5.41. The lowest BCUT2D eigenvalue weighted by atomic mass is 9.99. The van der Waals surface area contributed by atoms with Crippen LogP contribution >= 0.6 is 11.8 Å². The monoisotopic (exact) mass is 328 g/mol. The van der Waals surface area contributed by atoms with Crippen LogP contribution in [0.4, 0.5) is 0 Å². The first kappa shape index (κ1) is 16.3. The van der Waals surface area contributed by atoms with Crippen LogP contribution in [0.25, 0.3) is 0 Å². The number of nitrogens with one attached hydrogen (secondary N) is 1. The van der Waals surface area contributed by atoms with Crippen molar-refractivity contribution in [2.75, 3.05) is 18.1 Å². The zero-order valence-corrected chi connectivity index (χ0v) is 14.2. The van der Waals surface area contributed by atoms with Crippen LogP contribution < -0.4 is 10.9 Å². The minimum absolute atomic E-state index is 0.0922. The molecule has 23 heavy (non-hydrogen) atoms. The molecule has 3 rings (SSSR count). The number of hydrogen-bond donors (Lipinski definition) is 1. The smallest absolute Gasteiger partial charge is 0.250 e. The van der Waals surface area contributed by atoms with Gasteiger partial charge in [0.2, 0.25) is 5.56 Å². The van der Waals surface area contributed by atoms with Gasteiger partial charge in [-0.15, -0.1) is 0 Å². The van der Waals surface area contributed by atoms with Crippen molar-refractivity contribution in [3.05, 3.63) is 70.1 Å². The summed E-state index contributed by atoms with van der Waals surface area (Å²) in [5.41, 5.74) is 3.05. The average Bonchev–Trinajstić information content (AvgIpc) is 2.79. The van der Waals surface area contributed by atoms with Crippen molar-refractivity contribution >= 4 is 11.8 Å². The Morgan fingerprint density at radius 2 is 2.00 bits per heavy atom. The van der Waals surface area contributed by atoms with E-state index in [0.29, 0.717) is 6.04 Å². The molecule has 0 radical (unpaired) electrons. The van der Waals surface area contributed by atoms with E-state index in [9.17, 15) is 4.79 Å². The predicted molar refractivity (Wildman–Crippen MR) is 98.2 cm³/mol. The highest BCUT2D eigenvalue weighted by molar-refractivity contribution is 7.99. The Morgan fingerprint density at radius 3 is 2.91 bits per heavy atom. The molecule has 0 saturated carbocycles. The summed E-state index contributed by atoms with van der Waals surface area (Å²) in [6, 6.07) is 14.6. The lowest BCUT2D eigenvalue weighted by Gasteiger charge is -2.19. The summed E-state index contributed by atoms with van der Waals surface area (Å²) >= 11 is 2.04. The van der Waals surface area contributed by atoms with Crippen molar-refractivity contribution < 1.29 is 0 Å². The minimum Gasteiger partial charge on any atom is -0.316 e. The molecule has 122 valence electrons. The van der Waals surface area contributed by atoms with Gasteiger partial charge in [-0.1, -0.05) is 30.3 Å². The summed E-state index contributed by atoms with van der Waals surface area (Å²) in [5.74, 6) is 2.36. The first-order chi connectivity index (χ1) is 11.3. The number of thioether (sulfide) groups is 1. The zero-order valence-electron chi connectivity index (χ0n) is 13.4. The van der Waals surface area contributed by atoms with Crippen molar-refractivity contribution in [2.24, 2.45) is 0 Å². The van der Waals surface area contributed by atoms with Gasteiger partial charge in [0, 0.05) is 30.6 Å². The van der Waals surface area contributed by atoms with Gasteiger partial charge in [-0.2, -0.15) is 11.8 Å². The number of benzene rings is 1. The molecule has 1 aliphatic heterocycles. The van der Waals surface area contributed by atoms with Gasteiger partial charge in [0.25, 0.3) is 0 Å². The molecule has 1 aromatic heterocycles. The van der Waals surface area contributed by atoms with E-state index in [1.54, 1.807) is 16.7 Å². The second kappa shape index (κ2) is 8.37. The molecule has 1 N–H and O–H groups in total. The Kier molecular flexibility index (Phi) is 5.94. The van der Waals surface area contributed by atoms with Crippen molar-refractivity contribution in [2.45, 2.75) is 31.8 Å². The second-order valence-electron chi connectivity index (χ2n) is 5.97. The molecule has 0 spiro atoms. The van der Waals surface area contributed by atoms with Gasteiger partial charge in [0.1, 0.15) is 0 Å². The number of hydrogen-bond acceptors (Lipinski definition) is 3. The van der Waals surface area contributed by atoms with Crippen molar-refractivity contribution in [3.63, 3.8) is 0 Å². The van der Waals surface area contributed by atoms with Crippen molar-refractivity contribution in [1.82, 2.24) is 9.88 Å². The van der Waals surface area contributed by atoms with Crippen LogP contribution in [-0.2, 0) is 13.0 Å². The number of aromatic nitrogens is 1. The molecule has 0 fully saturated rings. The topological polar surface area (TPSA) is 34.0 Å². The Bertz CT molecular complexity index is 683. The van der Waals surface area contributed by atoms with Gasteiger partial charge in [-0.3, -0.25) is 4.79 Å². The van der Waals surface area contributed by atoms with Crippen molar-refractivity contribution in [1.29, 1.82) is 0 Å². The first-order valence-corrected chi connectivity index (χ1v) is 9.54. The van der Waals surface area contributed by atoms with Crippen LogP contribution in [-0.4, -0.2) is 22.6 Å². The Hall–Kier alpha value is -1.52. The summed E-state index contributed by atoms with van der Waals surface area (Å²) in [4.78, 5) is 11.7. The number of nitrogens with zero attached hydrogens (tertiary/aromatic N) is 1. The number of fused-ring (bicyclic) bond motifs is 1. The van der Waals surface area contributed by atoms with Crippen LogP contribution in [0.1, 0.15) is 30.0 Å². The van der Waals surface area contributed by atoms with E-state index in [0.717, 1.165) is 31.7 Å². The molecule has 1 atom stereocenters. The van der Waals surface area contributed by atoms with Crippen molar-refractivity contribution in [3.8, 4) is 0 Å². The maximum absolute atomic E-state index is 11.7. The normalized spacial score (nSPS) is 17.5. The van der Waals surface area contributed by atoms with Gasteiger partial charge in [-0.25, -0.2) is 0 Å². The van der Waals surface area contributed by atoms with Crippen LogP contribution in [0.5, 0.6) is 0 Å². The second-order valence-corrected chi connectivity index (χ2v) is 7.12. The number of rotatable bonds is 6. The van der Waals surface area contributed by atoms with Crippen LogP contribution in [0, 0.1) is 0 Å². The van der Waals surface area contributed by atoms with Gasteiger partial charge in [0.15, 0.2) is 0 Å². The molecule has 0 saturated heterocycles. The fourth-order valence-electron chi connectivity index (χ4n) is 3.07. The van der Waals surface area contributed by atoms with E-state index in [1.165, 1.54) is 23.3 Å². The summed E-state index contributed by atoms with van der Waals surface area (Å²) < 4.78 is 1.79. The number of pyridine rings is 1. The molecule has 2 aromatic rings. The Morgan fingerprint density at radius 1 is 1.13 bits per heavy atom. The summed E-state index contributed by atoms with van der Waals surface area (Å²) in [5, 5.41) is 3.71. The van der Waals surface area contributed by atoms with Gasteiger partial charge < -0.3 is 9.88 Å². The molecule has 1 aliphatic rings. The number of unbranched alkanes of at least 4 members (excludes halogenated alkanes) is 1. The maximum Gasteiger partial charge on any atom is 0.250 e. The summed E-state index contributed by atoms with van der Waals surface area (Å²) in [6.07, 6.45) is 5.16. The maximum atomic E-state index is 11.7. The Labute approximate surface area is 142 Å².